The molecule has 0 unspecified atom stereocenters. The Hall–Kier alpha value is -3.33. The van der Waals surface area contributed by atoms with Gasteiger partial charge in [0.05, 0.1) is 21.5 Å². The molecule has 1 N–H and O–H groups in total. The molecule has 0 bridgehead atoms. The average molecular weight is 306 g/mol. The molecule has 0 amide bonds. The summed E-state index contributed by atoms with van der Waals surface area (Å²) in [5, 5.41) is 28.3. The monoisotopic (exact) mass is 306 g/mol. The van der Waals surface area contributed by atoms with Crippen molar-refractivity contribution in [2.45, 2.75) is 0 Å². The molecular weight excluding hydrogens is 296 g/mol. The lowest BCUT2D eigenvalue weighted by atomic mass is 10.2. The third kappa shape index (κ3) is 4.98. The summed E-state index contributed by atoms with van der Waals surface area (Å²) in [5.74, 6) is -0.736. The van der Waals surface area contributed by atoms with Crippen molar-refractivity contribution in [3.8, 4) is 0 Å². The molecule has 0 spiro atoms. The van der Waals surface area contributed by atoms with Crippen molar-refractivity contribution in [2.75, 3.05) is 0 Å². The number of hydrogen-bond donors (Lipinski definition) is 1. The van der Waals surface area contributed by atoms with E-state index in [0.29, 0.717) is 5.56 Å². The van der Waals surface area contributed by atoms with E-state index < -0.39 is 15.8 Å². The van der Waals surface area contributed by atoms with Gasteiger partial charge in [-0.3, -0.25) is 25.1 Å². The average Bonchev–Trinajstić information content (AvgIpc) is 2.55. The lowest BCUT2D eigenvalue weighted by Gasteiger charge is -1.92. The first-order valence-electron chi connectivity index (χ1n) is 5.75. The second-order valence-electron chi connectivity index (χ2n) is 3.78. The highest BCUT2D eigenvalue weighted by molar-refractivity contribution is 5.88. The molecule has 0 saturated carbocycles. The quantitative estimate of drug-likeness (QED) is 0.523. The normalized spacial score (nSPS) is 9.14. The molecule has 0 aliphatic rings. The number of rotatable bonds is 3. The van der Waals surface area contributed by atoms with Gasteiger partial charge in [-0.2, -0.15) is 5.26 Å². The highest BCUT2D eigenvalue weighted by atomic mass is 17.1. The van der Waals surface area contributed by atoms with Crippen LogP contribution in [0.25, 0.3) is 0 Å². The largest absolute Gasteiger partial charge is 0.372 e. The summed E-state index contributed by atoms with van der Waals surface area (Å²) < 4.78 is 0. The van der Waals surface area contributed by atoms with Gasteiger partial charge in [0, 0.05) is 12.1 Å². The Morgan fingerprint density at radius 2 is 1.41 bits per heavy atom. The topological polar surface area (TPSA) is 133 Å². The third-order valence-electron chi connectivity index (χ3n) is 2.34. The summed E-state index contributed by atoms with van der Waals surface area (Å²) in [6.07, 6.45) is 0. The summed E-state index contributed by atoms with van der Waals surface area (Å²) in [6, 6.07) is 12.8. The van der Waals surface area contributed by atoms with Gasteiger partial charge in [-0.15, -0.1) is 0 Å². The molecule has 2 rings (SSSR count). The van der Waals surface area contributed by atoms with Gasteiger partial charge in [-0.05, 0) is 18.2 Å². The molecule has 0 saturated heterocycles. The van der Waals surface area contributed by atoms with E-state index in [0.717, 1.165) is 6.07 Å². The number of benzene rings is 2. The predicted molar refractivity (Wildman–Crippen MR) is 74.2 cm³/mol. The zero-order chi connectivity index (χ0) is 16.5. The number of carbonyl (C=O) groups excluding carboxylic acids is 1. The third-order valence-corrected chi connectivity index (χ3v) is 2.34. The molecule has 22 heavy (non-hydrogen) atoms. The van der Waals surface area contributed by atoms with Crippen LogP contribution < -0.4 is 0 Å². The lowest BCUT2D eigenvalue weighted by molar-refractivity contribution is -0.394. The summed E-state index contributed by atoms with van der Waals surface area (Å²) >= 11 is 0. The number of carbonyl (C=O) groups is 1. The van der Waals surface area contributed by atoms with E-state index in [1.165, 1.54) is 18.2 Å². The van der Waals surface area contributed by atoms with Crippen molar-refractivity contribution in [1.82, 2.24) is 0 Å². The molecule has 9 heteroatoms. The molecule has 9 nitrogen and oxygen atoms in total. The molecule has 0 atom stereocenters. The zero-order valence-corrected chi connectivity index (χ0v) is 11.0. The maximum atomic E-state index is 10.5. The second-order valence-corrected chi connectivity index (χ2v) is 3.78. The Balaban J connectivity index is 0.000000224. The molecule has 114 valence electrons. The molecule has 0 aliphatic carbocycles. The SMILES string of the molecule is O=C(OO)c1ccccc1.O=[N+]([O-])c1cccc([N+](=O)[O-])c1. The van der Waals surface area contributed by atoms with Crippen LogP contribution in [-0.4, -0.2) is 21.1 Å². The molecular formula is C13H10N2O7. The van der Waals surface area contributed by atoms with E-state index in [-0.39, 0.29) is 11.4 Å². The summed E-state index contributed by atoms with van der Waals surface area (Å²) in [4.78, 5) is 33.0. The number of nitrogens with zero attached hydrogens (tertiary/aromatic N) is 2. The van der Waals surface area contributed by atoms with Crippen molar-refractivity contribution < 1.29 is 24.8 Å². The van der Waals surface area contributed by atoms with Gasteiger partial charge < -0.3 is 0 Å². The highest BCUT2D eigenvalue weighted by Crippen LogP contribution is 2.18. The number of hydrogen-bond acceptors (Lipinski definition) is 7. The number of nitro benzene ring substituents is 2. The van der Waals surface area contributed by atoms with Crippen LogP contribution in [0.5, 0.6) is 0 Å². The van der Waals surface area contributed by atoms with Crippen LogP contribution in [0, 0.1) is 20.2 Å². The predicted octanol–water partition coefficient (Wildman–Crippen LogP) is 2.82. The minimum absolute atomic E-state index is 0.274. The van der Waals surface area contributed by atoms with Crippen LogP contribution in [0.3, 0.4) is 0 Å². The second kappa shape index (κ2) is 8.07. The van der Waals surface area contributed by atoms with Gasteiger partial charge in [0.25, 0.3) is 11.4 Å². The Morgan fingerprint density at radius 3 is 1.82 bits per heavy atom. The maximum Gasteiger partial charge on any atom is 0.372 e. The van der Waals surface area contributed by atoms with Crippen LogP contribution in [-0.2, 0) is 4.89 Å². The number of non-ortho nitro benzene ring substituents is 2. The molecule has 0 aromatic heterocycles. The van der Waals surface area contributed by atoms with Crippen molar-refractivity contribution in [3.05, 3.63) is 80.4 Å². The summed E-state index contributed by atoms with van der Waals surface area (Å²) in [5.41, 5.74) is -0.210. The van der Waals surface area contributed by atoms with E-state index in [4.69, 9.17) is 5.26 Å². The minimum Gasteiger partial charge on any atom is -0.296 e. The molecule has 0 fully saturated rings. The van der Waals surface area contributed by atoms with Crippen LogP contribution in [0.1, 0.15) is 10.4 Å². The standard InChI is InChI=1S/C7H6O3.C6H4N2O4/c8-7(10-9)6-4-2-1-3-5-6;9-7(10)5-2-1-3-6(4-5)8(11)12/h1-5,9H;1-4H. The number of nitro groups is 2. The molecule has 0 aliphatic heterocycles. The first-order chi connectivity index (χ1) is 10.5. The van der Waals surface area contributed by atoms with Gasteiger partial charge in [-0.25, -0.2) is 4.79 Å². The van der Waals surface area contributed by atoms with Gasteiger partial charge in [0.2, 0.25) is 0 Å². The van der Waals surface area contributed by atoms with Crippen molar-refractivity contribution in [2.24, 2.45) is 0 Å². The van der Waals surface area contributed by atoms with Gasteiger partial charge >= 0.3 is 5.97 Å². The van der Waals surface area contributed by atoms with Crippen molar-refractivity contribution in [3.63, 3.8) is 0 Å². The Morgan fingerprint density at radius 1 is 0.909 bits per heavy atom. The van der Waals surface area contributed by atoms with Gasteiger partial charge in [0.15, 0.2) is 0 Å². The fourth-order valence-electron chi connectivity index (χ4n) is 1.35. The Bertz CT molecular complexity index is 644. The first-order valence-corrected chi connectivity index (χ1v) is 5.75. The van der Waals surface area contributed by atoms with Crippen molar-refractivity contribution in [1.29, 1.82) is 0 Å². The van der Waals surface area contributed by atoms with Crippen molar-refractivity contribution >= 4 is 17.3 Å². The van der Waals surface area contributed by atoms with Crippen LogP contribution in [0.4, 0.5) is 11.4 Å². The van der Waals surface area contributed by atoms with Crippen LogP contribution >= 0.6 is 0 Å². The lowest BCUT2D eigenvalue weighted by Crippen LogP contribution is -2.00. The fourth-order valence-corrected chi connectivity index (χ4v) is 1.35. The highest BCUT2D eigenvalue weighted by Gasteiger charge is 2.11. The molecule has 0 radical (unpaired) electrons. The summed E-state index contributed by atoms with van der Waals surface area (Å²) in [6.45, 7) is 0. The van der Waals surface area contributed by atoms with Crippen LogP contribution in [0.15, 0.2) is 54.6 Å². The Labute approximate surface area is 123 Å². The van der Waals surface area contributed by atoms with Crippen LogP contribution in [0.2, 0.25) is 0 Å². The molecule has 0 heterocycles. The first kappa shape index (κ1) is 16.7. The summed E-state index contributed by atoms with van der Waals surface area (Å²) in [7, 11) is 0. The zero-order valence-electron chi connectivity index (χ0n) is 11.0. The van der Waals surface area contributed by atoms with E-state index >= 15 is 0 Å². The van der Waals surface area contributed by atoms with E-state index in [1.54, 1.807) is 30.3 Å². The van der Waals surface area contributed by atoms with E-state index in [9.17, 15) is 25.0 Å². The Kier molecular flexibility index (Phi) is 6.13. The molecule has 2 aromatic rings. The van der Waals surface area contributed by atoms with E-state index in [2.05, 4.69) is 4.89 Å². The maximum absolute atomic E-state index is 10.5. The van der Waals surface area contributed by atoms with Gasteiger partial charge in [-0.1, -0.05) is 18.2 Å². The molecule has 2 aromatic carbocycles. The fraction of sp³-hybridized carbons (Fsp3) is 0. The van der Waals surface area contributed by atoms with E-state index in [1.807, 2.05) is 0 Å². The van der Waals surface area contributed by atoms with Gasteiger partial charge in [0.1, 0.15) is 0 Å². The minimum atomic E-state index is -0.736. The smallest absolute Gasteiger partial charge is 0.296 e.